The molecule has 0 fully saturated rings. The van der Waals surface area contributed by atoms with Crippen LogP contribution < -0.4 is 4.90 Å². The van der Waals surface area contributed by atoms with Gasteiger partial charge in [0.1, 0.15) is 6.61 Å². The van der Waals surface area contributed by atoms with Crippen LogP contribution in [0.5, 0.6) is 0 Å². The first-order chi connectivity index (χ1) is 6.70. The number of benzene rings is 1. The van der Waals surface area contributed by atoms with Crippen LogP contribution in [0.15, 0.2) is 24.3 Å². The Balaban J connectivity index is 2.51. The van der Waals surface area contributed by atoms with E-state index in [-0.39, 0.29) is 6.61 Å². The van der Waals surface area contributed by atoms with Gasteiger partial charge in [-0.15, -0.1) is 0 Å². The Kier molecular flexibility index (Phi) is 1.85. The topological polar surface area (TPSA) is 66.8 Å². The first-order valence-corrected chi connectivity index (χ1v) is 3.98. The first-order valence-electron chi connectivity index (χ1n) is 3.98. The SMILES string of the molecule is O=C(O)N1C(=O)OCc2ccccc21. The number of imide groups is 1. The number of nitrogens with zero attached hydrogens (tertiary/aromatic N) is 1. The van der Waals surface area contributed by atoms with Gasteiger partial charge in [-0.25, -0.2) is 9.59 Å². The molecule has 1 aromatic rings. The van der Waals surface area contributed by atoms with Crippen LogP contribution in [0.1, 0.15) is 5.56 Å². The lowest BCUT2D eigenvalue weighted by atomic mass is 10.1. The maximum atomic E-state index is 11.1. The first kappa shape index (κ1) is 8.55. The highest BCUT2D eigenvalue weighted by Crippen LogP contribution is 2.26. The second-order valence-corrected chi connectivity index (χ2v) is 2.80. The molecule has 2 amide bonds. The van der Waals surface area contributed by atoms with E-state index in [1.807, 2.05) is 0 Å². The molecule has 0 unspecified atom stereocenters. The summed E-state index contributed by atoms with van der Waals surface area (Å²) in [6, 6.07) is 6.73. The molecule has 5 heteroatoms. The lowest BCUT2D eigenvalue weighted by molar-refractivity contribution is 0.137. The summed E-state index contributed by atoms with van der Waals surface area (Å²) in [6.07, 6.45) is -2.18. The molecule has 0 saturated carbocycles. The van der Waals surface area contributed by atoms with Crippen LogP contribution in [0.4, 0.5) is 15.3 Å². The summed E-state index contributed by atoms with van der Waals surface area (Å²) in [5.74, 6) is 0. The van der Waals surface area contributed by atoms with E-state index in [1.165, 1.54) is 0 Å². The molecule has 1 aliphatic heterocycles. The molecule has 72 valence electrons. The molecule has 0 bridgehead atoms. The van der Waals surface area contributed by atoms with Gasteiger partial charge >= 0.3 is 12.2 Å². The molecule has 0 spiro atoms. The van der Waals surface area contributed by atoms with E-state index in [9.17, 15) is 9.59 Å². The molecule has 1 aliphatic rings. The van der Waals surface area contributed by atoms with Crippen molar-refractivity contribution in [2.75, 3.05) is 4.90 Å². The molecule has 0 aromatic heterocycles. The van der Waals surface area contributed by atoms with E-state index in [1.54, 1.807) is 24.3 Å². The van der Waals surface area contributed by atoms with Crippen LogP contribution >= 0.6 is 0 Å². The number of ether oxygens (including phenoxy) is 1. The van der Waals surface area contributed by atoms with Gasteiger partial charge in [0, 0.05) is 5.56 Å². The highest BCUT2D eigenvalue weighted by atomic mass is 16.6. The number of para-hydroxylation sites is 1. The van der Waals surface area contributed by atoms with Crippen molar-refractivity contribution in [3.05, 3.63) is 29.8 Å². The third-order valence-electron chi connectivity index (χ3n) is 1.96. The number of hydrogen-bond acceptors (Lipinski definition) is 3. The fourth-order valence-electron chi connectivity index (χ4n) is 1.33. The molecule has 0 radical (unpaired) electrons. The summed E-state index contributed by atoms with van der Waals surface area (Å²) in [6.45, 7) is 0.124. The van der Waals surface area contributed by atoms with Gasteiger partial charge in [-0.3, -0.25) is 0 Å². The Morgan fingerprint density at radius 3 is 2.86 bits per heavy atom. The second kappa shape index (κ2) is 3.02. The van der Waals surface area contributed by atoms with Crippen LogP contribution in [-0.2, 0) is 11.3 Å². The van der Waals surface area contributed by atoms with Crippen LogP contribution in [-0.4, -0.2) is 17.3 Å². The normalized spacial score (nSPS) is 14.6. The van der Waals surface area contributed by atoms with Crippen LogP contribution in [0.3, 0.4) is 0 Å². The molecule has 1 N–H and O–H groups in total. The number of cyclic esters (lactones) is 1. The number of fused-ring (bicyclic) bond motifs is 1. The Bertz CT molecular complexity index is 402. The Morgan fingerprint density at radius 1 is 1.43 bits per heavy atom. The molecular weight excluding hydrogens is 186 g/mol. The third-order valence-corrected chi connectivity index (χ3v) is 1.96. The van der Waals surface area contributed by atoms with E-state index in [4.69, 9.17) is 5.11 Å². The van der Waals surface area contributed by atoms with Crippen molar-refractivity contribution in [2.45, 2.75) is 6.61 Å². The van der Waals surface area contributed by atoms with Gasteiger partial charge in [-0.05, 0) is 6.07 Å². The van der Waals surface area contributed by atoms with Crippen LogP contribution in [0.25, 0.3) is 0 Å². The minimum Gasteiger partial charge on any atom is -0.464 e. The van der Waals surface area contributed by atoms with Crippen LogP contribution in [0, 0.1) is 0 Å². The van der Waals surface area contributed by atoms with Gasteiger partial charge in [-0.2, -0.15) is 4.90 Å². The number of carbonyl (C=O) groups is 2. The number of rotatable bonds is 0. The van der Waals surface area contributed by atoms with Gasteiger partial charge in [0.05, 0.1) is 5.69 Å². The Hall–Kier alpha value is -2.04. The lowest BCUT2D eigenvalue weighted by Crippen LogP contribution is -2.39. The van der Waals surface area contributed by atoms with Gasteiger partial charge in [0.2, 0.25) is 0 Å². The molecule has 1 aromatic carbocycles. The maximum absolute atomic E-state index is 11.1. The quantitative estimate of drug-likeness (QED) is 0.682. The highest BCUT2D eigenvalue weighted by Gasteiger charge is 2.30. The summed E-state index contributed by atoms with van der Waals surface area (Å²) < 4.78 is 4.68. The number of anilines is 1. The summed E-state index contributed by atoms with van der Waals surface area (Å²) in [5, 5.41) is 8.78. The number of carboxylic acid groups (broad SMARTS) is 1. The Labute approximate surface area is 79.5 Å². The van der Waals surface area contributed by atoms with E-state index < -0.39 is 12.2 Å². The average Bonchev–Trinajstić information content (AvgIpc) is 2.17. The summed E-state index contributed by atoms with van der Waals surface area (Å²) >= 11 is 0. The fraction of sp³-hybridized carbons (Fsp3) is 0.111. The standard InChI is InChI=1S/C9H7NO4/c11-8(12)10-7-4-2-1-3-6(7)5-14-9(10)13/h1-4H,5H2,(H,11,12). The average molecular weight is 193 g/mol. The largest absolute Gasteiger partial charge is 0.464 e. The zero-order chi connectivity index (χ0) is 10.1. The predicted molar refractivity (Wildman–Crippen MR) is 47.1 cm³/mol. The van der Waals surface area contributed by atoms with E-state index in [0.717, 1.165) is 0 Å². The zero-order valence-corrected chi connectivity index (χ0v) is 7.14. The molecule has 14 heavy (non-hydrogen) atoms. The lowest BCUT2D eigenvalue weighted by Gasteiger charge is -2.24. The van der Waals surface area contributed by atoms with Crippen molar-refractivity contribution in [1.29, 1.82) is 0 Å². The minimum atomic E-state index is -1.33. The molecular formula is C9H7NO4. The maximum Gasteiger partial charge on any atom is 0.424 e. The highest BCUT2D eigenvalue weighted by molar-refractivity contribution is 6.09. The van der Waals surface area contributed by atoms with Gasteiger partial charge in [0.15, 0.2) is 0 Å². The monoisotopic (exact) mass is 193 g/mol. The summed E-state index contributed by atoms with van der Waals surface area (Å²) in [4.78, 5) is 22.5. The van der Waals surface area contributed by atoms with Crippen molar-refractivity contribution >= 4 is 17.9 Å². The second-order valence-electron chi connectivity index (χ2n) is 2.80. The van der Waals surface area contributed by atoms with Crippen molar-refractivity contribution in [1.82, 2.24) is 0 Å². The molecule has 0 aliphatic carbocycles. The number of carbonyl (C=O) groups excluding carboxylic acids is 1. The van der Waals surface area contributed by atoms with Crippen LogP contribution in [0.2, 0.25) is 0 Å². The van der Waals surface area contributed by atoms with Gasteiger partial charge in [-0.1, -0.05) is 18.2 Å². The van der Waals surface area contributed by atoms with Gasteiger partial charge in [0.25, 0.3) is 0 Å². The van der Waals surface area contributed by atoms with E-state index >= 15 is 0 Å². The Morgan fingerprint density at radius 2 is 2.14 bits per heavy atom. The molecule has 1 heterocycles. The van der Waals surface area contributed by atoms with Crippen molar-refractivity contribution in [3.63, 3.8) is 0 Å². The smallest absolute Gasteiger partial charge is 0.424 e. The third kappa shape index (κ3) is 1.19. The van der Waals surface area contributed by atoms with E-state index in [0.29, 0.717) is 16.2 Å². The van der Waals surface area contributed by atoms with E-state index in [2.05, 4.69) is 4.74 Å². The number of hydrogen-bond donors (Lipinski definition) is 1. The number of amides is 2. The van der Waals surface area contributed by atoms with Crippen molar-refractivity contribution in [3.8, 4) is 0 Å². The molecule has 0 saturated heterocycles. The predicted octanol–water partition coefficient (Wildman–Crippen LogP) is 1.82. The van der Waals surface area contributed by atoms with Crippen molar-refractivity contribution < 1.29 is 19.4 Å². The fourth-order valence-corrected chi connectivity index (χ4v) is 1.33. The molecule has 2 rings (SSSR count). The summed E-state index contributed by atoms with van der Waals surface area (Å²) in [5.41, 5.74) is 1.06. The van der Waals surface area contributed by atoms with Gasteiger partial charge < -0.3 is 9.84 Å². The molecule has 5 nitrogen and oxygen atoms in total. The minimum absolute atomic E-state index is 0.124. The summed E-state index contributed by atoms with van der Waals surface area (Å²) in [7, 11) is 0. The zero-order valence-electron chi connectivity index (χ0n) is 7.14. The molecule has 0 atom stereocenters. The van der Waals surface area contributed by atoms with Crippen molar-refractivity contribution in [2.24, 2.45) is 0 Å².